The molecule has 1 atom stereocenters. The Morgan fingerprint density at radius 3 is 2.67 bits per heavy atom. The van der Waals surface area contributed by atoms with E-state index in [1.807, 2.05) is 16.9 Å². The van der Waals surface area contributed by atoms with Crippen molar-refractivity contribution in [2.75, 3.05) is 57.0 Å². The van der Waals surface area contributed by atoms with E-state index in [0.717, 1.165) is 80.6 Å². The first-order chi connectivity index (χ1) is 19.2. The molecule has 0 radical (unpaired) electrons. The second-order valence-corrected chi connectivity index (χ2v) is 11.3. The molecule has 2 aromatic heterocycles. The monoisotopic (exact) mass is 534 g/mol. The number of nitrogens with zero attached hydrogens (tertiary/aromatic N) is 7. The number of likely N-dealkylation sites (N-methyl/N-ethyl adjacent to an activating group) is 1. The third-order valence-electron chi connectivity index (χ3n) is 8.10. The molecule has 0 amide bonds. The van der Waals surface area contributed by atoms with Crippen LogP contribution < -0.4 is 20.9 Å². The van der Waals surface area contributed by atoms with E-state index >= 15 is 0 Å². The zero-order valence-corrected chi connectivity index (χ0v) is 23.8. The summed E-state index contributed by atoms with van der Waals surface area (Å²) in [4.78, 5) is 14.4. The van der Waals surface area contributed by atoms with Crippen LogP contribution in [0, 0.1) is 0 Å². The van der Waals surface area contributed by atoms with Gasteiger partial charge in [-0.15, -0.1) is 5.10 Å². The minimum absolute atomic E-state index is 0.545. The molecule has 2 aliphatic rings. The van der Waals surface area contributed by atoms with Crippen molar-refractivity contribution in [2.45, 2.75) is 76.5 Å². The van der Waals surface area contributed by atoms with Crippen molar-refractivity contribution >= 4 is 22.7 Å². The fourth-order valence-corrected chi connectivity index (χ4v) is 5.75. The standard InChI is InChI=1S/C29H46N10/c1-37(2)25-14-19-38(22-25)28-26-12-6-7-13-27(26)33-29(34-28)32-20-24-21-39(36-35-24)18-9-16-30-15-8-17-31-23-10-4-3-5-11-23/h6-7,12-13,21,23,25,30-31H,3-5,8-11,14-20,22H2,1-2H3,(H,32,33,34). The number of para-hydroxylation sites is 1. The van der Waals surface area contributed by atoms with Crippen LogP contribution in [0.3, 0.4) is 0 Å². The first kappa shape index (κ1) is 27.7. The lowest BCUT2D eigenvalue weighted by atomic mass is 9.95. The average Bonchev–Trinajstić information content (AvgIpc) is 3.64. The summed E-state index contributed by atoms with van der Waals surface area (Å²) >= 11 is 0. The smallest absolute Gasteiger partial charge is 0.225 e. The highest BCUT2D eigenvalue weighted by Crippen LogP contribution is 2.29. The van der Waals surface area contributed by atoms with Crippen LogP contribution in [0.2, 0.25) is 0 Å². The van der Waals surface area contributed by atoms with Gasteiger partial charge >= 0.3 is 0 Å². The van der Waals surface area contributed by atoms with E-state index in [0.29, 0.717) is 18.5 Å². The molecule has 3 heterocycles. The van der Waals surface area contributed by atoms with Gasteiger partial charge in [-0.1, -0.05) is 36.6 Å². The fourth-order valence-electron chi connectivity index (χ4n) is 5.75. The van der Waals surface area contributed by atoms with Gasteiger partial charge in [-0.05, 0) is 78.0 Å². The lowest BCUT2D eigenvalue weighted by Gasteiger charge is -2.22. The zero-order chi connectivity index (χ0) is 26.9. The van der Waals surface area contributed by atoms with E-state index in [1.165, 1.54) is 38.5 Å². The highest BCUT2D eigenvalue weighted by Gasteiger charge is 2.26. The summed E-state index contributed by atoms with van der Waals surface area (Å²) in [6.45, 7) is 6.57. The molecule has 212 valence electrons. The minimum atomic E-state index is 0.545. The highest BCUT2D eigenvalue weighted by molar-refractivity contribution is 5.90. The number of anilines is 2. The summed E-state index contributed by atoms with van der Waals surface area (Å²) in [6, 6.07) is 9.57. The maximum Gasteiger partial charge on any atom is 0.225 e. The Labute approximate surface area is 232 Å². The van der Waals surface area contributed by atoms with Gasteiger partial charge in [0.25, 0.3) is 0 Å². The van der Waals surface area contributed by atoms with Crippen LogP contribution in [-0.4, -0.2) is 88.8 Å². The minimum Gasteiger partial charge on any atom is -0.354 e. The van der Waals surface area contributed by atoms with E-state index in [9.17, 15) is 0 Å². The van der Waals surface area contributed by atoms with Gasteiger partial charge in [0.2, 0.25) is 5.95 Å². The number of aryl methyl sites for hydroxylation is 1. The van der Waals surface area contributed by atoms with E-state index in [4.69, 9.17) is 9.97 Å². The molecule has 1 saturated carbocycles. The second kappa shape index (κ2) is 14.0. The van der Waals surface area contributed by atoms with Crippen molar-refractivity contribution < 1.29 is 0 Å². The van der Waals surface area contributed by atoms with Gasteiger partial charge in [0.05, 0.1) is 18.3 Å². The summed E-state index contributed by atoms with van der Waals surface area (Å²) in [5.41, 5.74) is 1.85. The second-order valence-electron chi connectivity index (χ2n) is 11.3. The van der Waals surface area contributed by atoms with Crippen molar-refractivity contribution in [3.63, 3.8) is 0 Å². The zero-order valence-electron chi connectivity index (χ0n) is 23.8. The van der Waals surface area contributed by atoms with Gasteiger partial charge in [-0.3, -0.25) is 4.68 Å². The summed E-state index contributed by atoms with van der Waals surface area (Å²) < 4.78 is 1.93. The molecular weight excluding hydrogens is 488 g/mol. The Morgan fingerprint density at radius 1 is 0.974 bits per heavy atom. The Kier molecular flexibility index (Phi) is 9.96. The van der Waals surface area contributed by atoms with Crippen LogP contribution >= 0.6 is 0 Å². The predicted molar refractivity (Wildman–Crippen MR) is 158 cm³/mol. The van der Waals surface area contributed by atoms with Crippen molar-refractivity contribution in [3.05, 3.63) is 36.2 Å². The number of aromatic nitrogens is 5. The SMILES string of the molecule is CN(C)C1CCN(c2nc(NCc3cn(CCCNCCCNC4CCCCC4)nn3)nc3ccccc23)C1. The molecule has 10 nitrogen and oxygen atoms in total. The summed E-state index contributed by atoms with van der Waals surface area (Å²) in [5.74, 6) is 1.64. The number of benzene rings is 1. The first-order valence-electron chi connectivity index (χ1n) is 14.9. The van der Waals surface area contributed by atoms with Crippen LogP contribution in [0.15, 0.2) is 30.5 Å². The van der Waals surface area contributed by atoms with Gasteiger partial charge in [-0.25, -0.2) is 4.98 Å². The largest absolute Gasteiger partial charge is 0.354 e. The van der Waals surface area contributed by atoms with E-state index in [-0.39, 0.29) is 0 Å². The molecule has 0 bridgehead atoms. The number of rotatable bonds is 14. The maximum atomic E-state index is 4.93. The van der Waals surface area contributed by atoms with Gasteiger partial charge in [-0.2, -0.15) is 4.98 Å². The molecule has 3 N–H and O–H groups in total. The molecular formula is C29H46N10. The van der Waals surface area contributed by atoms with E-state index in [1.54, 1.807) is 0 Å². The Hall–Kier alpha value is -2.82. The molecule has 1 aromatic carbocycles. The van der Waals surface area contributed by atoms with Crippen molar-refractivity contribution in [3.8, 4) is 0 Å². The molecule has 2 fully saturated rings. The fraction of sp³-hybridized carbons (Fsp3) is 0.655. The molecule has 1 unspecified atom stereocenters. The van der Waals surface area contributed by atoms with Crippen LogP contribution in [0.1, 0.15) is 57.1 Å². The Bertz CT molecular complexity index is 1160. The lowest BCUT2D eigenvalue weighted by molar-refractivity contribution is 0.315. The van der Waals surface area contributed by atoms with Crippen LogP contribution in [0.25, 0.3) is 10.9 Å². The first-order valence-corrected chi connectivity index (χ1v) is 14.9. The van der Waals surface area contributed by atoms with Gasteiger partial charge in [0.15, 0.2) is 0 Å². The number of fused-ring (bicyclic) bond motifs is 1. The maximum absolute atomic E-state index is 4.93. The lowest BCUT2D eigenvalue weighted by Crippen LogP contribution is -2.33. The number of hydrogen-bond acceptors (Lipinski definition) is 9. The third-order valence-corrected chi connectivity index (χ3v) is 8.10. The van der Waals surface area contributed by atoms with Crippen molar-refractivity contribution in [2.24, 2.45) is 0 Å². The summed E-state index contributed by atoms with van der Waals surface area (Å²) in [5, 5.41) is 20.4. The molecule has 3 aromatic rings. The van der Waals surface area contributed by atoms with Crippen molar-refractivity contribution in [1.29, 1.82) is 0 Å². The van der Waals surface area contributed by atoms with Crippen LogP contribution in [0.4, 0.5) is 11.8 Å². The molecule has 39 heavy (non-hydrogen) atoms. The number of nitrogens with one attached hydrogen (secondary N) is 3. The average molecular weight is 535 g/mol. The molecule has 1 aliphatic carbocycles. The van der Waals surface area contributed by atoms with Gasteiger partial charge < -0.3 is 25.8 Å². The molecule has 0 spiro atoms. The Morgan fingerprint density at radius 2 is 1.82 bits per heavy atom. The quantitative estimate of drug-likeness (QED) is 0.269. The normalized spacial score (nSPS) is 18.4. The summed E-state index contributed by atoms with van der Waals surface area (Å²) in [6.07, 6.45) is 12.3. The van der Waals surface area contributed by atoms with Gasteiger partial charge in [0.1, 0.15) is 11.5 Å². The van der Waals surface area contributed by atoms with E-state index in [2.05, 4.69) is 68.4 Å². The third kappa shape index (κ3) is 7.86. The molecule has 1 saturated heterocycles. The number of hydrogen-bond donors (Lipinski definition) is 3. The summed E-state index contributed by atoms with van der Waals surface area (Å²) in [7, 11) is 4.31. The molecule has 1 aliphatic heterocycles. The van der Waals surface area contributed by atoms with Crippen molar-refractivity contribution in [1.82, 2.24) is 40.5 Å². The van der Waals surface area contributed by atoms with Crippen LogP contribution in [-0.2, 0) is 13.1 Å². The van der Waals surface area contributed by atoms with Crippen LogP contribution in [0.5, 0.6) is 0 Å². The predicted octanol–water partition coefficient (Wildman–Crippen LogP) is 3.27. The topological polar surface area (TPSA) is 99.1 Å². The molecule has 10 heteroatoms. The molecule has 5 rings (SSSR count). The Balaban J connectivity index is 1.05. The van der Waals surface area contributed by atoms with E-state index < -0.39 is 0 Å². The highest BCUT2D eigenvalue weighted by atomic mass is 15.4. The van der Waals surface area contributed by atoms with Gasteiger partial charge in [0, 0.05) is 37.1 Å².